The highest BCUT2D eigenvalue weighted by Crippen LogP contribution is 2.34. The first-order valence-electron chi connectivity index (χ1n) is 20.9. The molecule has 0 aliphatic heterocycles. The topological polar surface area (TPSA) is 301 Å². The molecule has 13 N–H and O–H groups in total. The highest BCUT2D eigenvalue weighted by molar-refractivity contribution is 6.44. The lowest BCUT2D eigenvalue weighted by Crippen LogP contribution is -2.20. The van der Waals surface area contributed by atoms with Crippen LogP contribution in [0.4, 0.5) is 53.3 Å². The Morgan fingerprint density at radius 3 is 1.31 bits per heavy atom. The number of primary amides is 2. The molecular formula is C51H44Cl4N10O7. The Balaban J connectivity index is 0.000000226. The van der Waals surface area contributed by atoms with E-state index in [-0.39, 0.29) is 49.8 Å². The number of phenols is 3. The fraction of sp³-hybridized carbons (Fsp3) is 0.0588. The summed E-state index contributed by atoms with van der Waals surface area (Å²) in [5.41, 5.74) is 13.5. The van der Waals surface area contributed by atoms with E-state index < -0.39 is 24.1 Å². The SMILES string of the molecule is CC(C)c1ccc(NC(=O)Nc2cccc(Cl)c2Cl)c(O)c1.N#Cc1cccc(NC(=O)Nc2cccc(Cl)c2Cl)c1O.N#Cc1cccc(NC(=O)Nc2ccccc2-c2ccccc2)c1O.NC(N)=O. The van der Waals surface area contributed by atoms with Gasteiger partial charge in [-0.1, -0.05) is 139 Å². The third-order valence-electron chi connectivity index (χ3n) is 9.41. The van der Waals surface area contributed by atoms with Crippen molar-refractivity contribution in [3.63, 3.8) is 0 Å². The lowest BCUT2D eigenvalue weighted by molar-refractivity contribution is 0.256. The number of anilines is 6. The van der Waals surface area contributed by atoms with Gasteiger partial charge in [-0.15, -0.1) is 0 Å². The van der Waals surface area contributed by atoms with Crippen LogP contribution in [0, 0.1) is 22.7 Å². The molecular weight excluding hydrogens is 1010 g/mol. The number of carbonyl (C=O) groups excluding carboxylic acids is 4. The zero-order valence-electron chi connectivity index (χ0n) is 38.0. The number of nitrogens with two attached hydrogens (primary N) is 2. The van der Waals surface area contributed by atoms with Crippen LogP contribution < -0.4 is 43.4 Å². The Kier molecular flexibility index (Phi) is 21.2. The van der Waals surface area contributed by atoms with Crippen molar-refractivity contribution < 1.29 is 34.5 Å². The lowest BCUT2D eigenvalue weighted by atomic mass is 10.0. The van der Waals surface area contributed by atoms with Crippen molar-refractivity contribution in [3.05, 3.63) is 182 Å². The minimum atomic E-state index is -0.833. The lowest BCUT2D eigenvalue weighted by Gasteiger charge is -2.13. The van der Waals surface area contributed by atoms with E-state index in [9.17, 15) is 29.7 Å². The summed E-state index contributed by atoms with van der Waals surface area (Å²) in [4.78, 5) is 45.2. The molecule has 72 heavy (non-hydrogen) atoms. The number of aromatic hydroxyl groups is 3. The molecule has 8 amide bonds. The number of halogens is 4. The first-order chi connectivity index (χ1) is 34.3. The third-order valence-corrected chi connectivity index (χ3v) is 11.0. The van der Waals surface area contributed by atoms with Crippen LogP contribution in [0.15, 0.2) is 146 Å². The van der Waals surface area contributed by atoms with Crippen LogP contribution in [-0.4, -0.2) is 39.4 Å². The first-order valence-corrected chi connectivity index (χ1v) is 22.4. The Morgan fingerprint density at radius 1 is 0.486 bits per heavy atom. The van der Waals surface area contributed by atoms with Gasteiger partial charge in [0.1, 0.15) is 17.9 Å². The van der Waals surface area contributed by atoms with Gasteiger partial charge in [0.15, 0.2) is 11.5 Å². The van der Waals surface area contributed by atoms with Gasteiger partial charge < -0.3 is 58.7 Å². The maximum atomic E-state index is 12.3. The molecule has 0 aliphatic rings. The summed E-state index contributed by atoms with van der Waals surface area (Å²) in [5.74, 6) is -0.249. The van der Waals surface area contributed by atoms with Crippen LogP contribution in [0.25, 0.3) is 11.1 Å². The third kappa shape index (κ3) is 16.7. The summed E-state index contributed by atoms with van der Waals surface area (Å²) in [7, 11) is 0. The van der Waals surface area contributed by atoms with Crippen molar-refractivity contribution in [2.24, 2.45) is 11.5 Å². The van der Waals surface area contributed by atoms with Gasteiger partial charge in [-0.3, -0.25) is 0 Å². The number of nitrogens with zero attached hydrogens (tertiary/aromatic N) is 2. The molecule has 0 aliphatic carbocycles. The summed E-state index contributed by atoms with van der Waals surface area (Å²) < 4.78 is 0. The highest BCUT2D eigenvalue weighted by atomic mass is 35.5. The Bertz CT molecular complexity index is 3150. The molecule has 368 valence electrons. The fourth-order valence-corrected chi connectivity index (χ4v) is 6.67. The van der Waals surface area contributed by atoms with Crippen LogP contribution in [0.2, 0.25) is 20.1 Å². The Morgan fingerprint density at radius 2 is 0.861 bits per heavy atom. The van der Waals surface area contributed by atoms with Crippen molar-refractivity contribution >= 4 is 105 Å². The zero-order valence-corrected chi connectivity index (χ0v) is 41.0. The summed E-state index contributed by atoms with van der Waals surface area (Å²) in [6, 6.07) is 42.3. The quantitative estimate of drug-likeness (QED) is 0.0644. The monoisotopic (exact) mass is 1050 g/mol. The van der Waals surface area contributed by atoms with E-state index in [1.54, 1.807) is 66.7 Å². The van der Waals surface area contributed by atoms with Crippen molar-refractivity contribution in [1.29, 1.82) is 10.5 Å². The standard InChI is InChI=1S/C20H15N3O2.C16H16Cl2N2O2.C14H9Cl2N3O2.CH4N2O/c21-13-15-9-6-12-18(19(15)24)23-20(25)22-17-11-5-4-10-16(17)14-7-2-1-3-8-14;1-9(2)10-6-7-12(14(21)8-10)19-16(22)20-13-5-3-4-11(17)15(13)18;15-9-4-2-5-10(12(9)16)18-14(21)19-11-6-1-3-8(7-17)13(11)20;2-1(3)4/h1-12,24H,(H2,22,23,25);3-9,21H,1-2H3,(H2,19,20,22);1-6,20H,(H2,18,19,21);(H4,2,3,4). The molecule has 7 aromatic carbocycles. The smallest absolute Gasteiger partial charge is 0.323 e. The summed E-state index contributed by atoms with van der Waals surface area (Å²) in [6.45, 7) is 4.05. The molecule has 0 atom stereocenters. The number of hydrogen-bond acceptors (Lipinski definition) is 9. The van der Waals surface area contributed by atoms with Gasteiger partial charge in [-0.05, 0) is 83.8 Å². The van der Waals surface area contributed by atoms with Gasteiger partial charge in [0.2, 0.25) is 0 Å². The largest absolute Gasteiger partial charge is 0.506 e. The normalized spacial score (nSPS) is 9.85. The van der Waals surface area contributed by atoms with Gasteiger partial charge in [0.25, 0.3) is 0 Å². The minimum Gasteiger partial charge on any atom is -0.506 e. The molecule has 0 unspecified atom stereocenters. The van der Waals surface area contributed by atoms with Gasteiger partial charge >= 0.3 is 24.1 Å². The zero-order chi connectivity index (χ0) is 52.9. The molecule has 0 radical (unpaired) electrons. The number of phenolic OH excluding ortho intramolecular Hbond substituents is 3. The molecule has 0 bridgehead atoms. The maximum Gasteiger partial charge on any atom is 0.323 e. The van der Waals surface area contributed by atoms with E-state index >= 15 is 0 Å². The summed E-state index contributed by atoms with van der Waals surface area (Å²) in [5, 5.41) is 64.0. The van der Waals surface area contributed by atoms with E-state index in [1.807, 2.05) is 80.6 Å². The Hall–Kier alpha value is -8.84. The van der Waals surface area contributed by atoms with Gasteiger partial charge in [0, 0.05) is 5.56 Å². The predicted molar refractivity (Wildman–Crippen MR) is 284 cm³/mol. The first kappa shape index (κ1) is 55.8. The van der Waals surface area contributed by atoms with Crippen LogP contribution in [0.3, 0.4) is 0 Å². The number of benzene rings is 7. The minimum absolute atomic E-state index is 0.0125. The highest BCUT2D eigenvalue weighted by Gasteiger charge is 2.15. The van der Waals surface area contributed by atoms with Crippen molar-refractivity contribution in [2.75, 3.05) is 31.9 Å². The molecule has 21 heteroatoms. The second-order valence-electron chi connectivity index (χ2n) is 14.8. The molecule has 0 saturated heterocycles. The van der Waals surface area contributed by atoms with E-state index in [0.717, 1.165) is 16.7 Å². The average Bonchev–Trinajstić information content (AvgIpc) is 3.34. The van der Waals surface area contributed by atoms with Crippen LogP contribution in [0.5, 0.6) is 17.2 Å². The fourth-order valence-electron chi connectivity index (χ4n) is 5.97. The second-order valence-corrected chi connectivity index (χ2v) is 16.4. The van der Waals surface area contributed by atoms with Gasteiger partial charge in [-0.2, -0.15) is 10.5 Å². The number of carbonyl (C=O) groups is 4. The van der Waals surface area contributed by atoms with Crippen molar-refractivity contribution in [1.82, 2.24) is 0 Å². The van der Waals surface area contributed by atoms with Gasteiger partial charge in [-0.25, -0.2) is 19.2 Å². The number of rotatable bonds is 8. The number of hydrogen-bond donors (Lipinski definition) is 11. The summed E-state index contributed by atoms with van der Waals surface area (Å²) in [6.07, 6.45) is 0. The van der Waals surface area contributed by atoms with Crippen molar-refractivity contribution in [2.45, 2.75) is 19.8 Å². The molecule has 0 saturated carbocycles. The van der Waals surface area contributed by atoms with E-state index in [2.05, 4.69) is 43.4 Å². The van der Waals surface area contributed by atoms with Crippen LogP contribution in [-0.2, 0) is 0 Å². The molecule has 7 aromatic rings. The molecule has 0 spiro atoms. The summed E-state index contributed by atoms with van der Waals surface area (Å²) >= 11 is 23.7. The van der Waals surface area contributed by atoms with Crippen molar-refractivity contribution in [3.8, 4) is 40.5 Å². The number of amides is 8. The van der Waals surface area contributed by atoms with Crippen LogP contribution >= 0.6 is 46.4 Å². The number of para-hydroxylation sites is 3. The average molecular weight is 1050 g/mol. The predicted octanol–water partition coefficient (Wildman–Crippen LogP) is 13.3. The second kappa shape index (κ2) is 27.4. The van der Waals surface area contributed by atoms with Crippen LogP contribution in [0.1, 0.15) is 36.5 Å². The maximum absolute atomic E-state index is 12.3. The van der Waals surface area contributed by atoms with Gasteiger partial charge in [0.05, 0.1) is 65.3 Å². The molecule has 0 fully saturated rings. The molecule has 0 aromatic heterocycles. The molecule has 0 heterocycles. The number of nitriles is 2. The number of urea groups is 4. The molecule has 7 rings (SSSR count). The van der Waals surface area contributed by atoms with E-state index in [1.165, 1.54) is 24.3 Å². The molecule has 17 nitrogen and oxygen atoms in total. The Labute approximate surface area is 433 Å². The van der Waals surface area contributed by atoms with E-state index in [4.69, 9.17) is 61.7 Å². The van der Waals surface area contributed by atoms with E-state index in [0.29, 0.717) is 38.7 Å². The number of nitrogens with one attached hydrogen (secondary N) is 6.